The van der Waals surface area contributed by atoms with Gasteiger partial charge in [-0.05, 0) is 43.9 Å². The minimum absolute atomic E-state index is 0.0347. The van der Waals surface area contributed by atoms with E-state index in [1.807, 2.05) is 11.1 Å². The molecule has 1 saturated carbocycles. The number of aromatic nitrogens is 2. The Hall–Kier alpha value is -1.69. The van der Waals surface area contributed by atoms with Gasteiger partial charge in [0.2, 0.25) is 0 Å². The molecule has 0 aromatic carbocycles. The lowest BCUT2D eigenvalue weighted by Crippen LogP contribution is -2.45. The summed E-state index contributed by atoms with van der Waals surface area (Å²) in [4.78, 5) is 28.8. The third-order valence-corrected chi connectivity index (χ3v) is 6.27. The summed E-state index contributed by atoms with van der Waals surface area (Å²) < 4.78 is 0. The average molecular weight is 372 g/mol. The zero-order chi connectivity index (χ0) is 18.8. The maximum Gasteiger partial charge on any atom is 0.274 e. The van der Waals surface area contributed by atoms with E-state index >= 15 is 0 Å². The highest BCUT2D eigenvalue weighted by Crippen LogP contribution is 2.32. The standard InChI is InChI=1S/C21H33N5O/c1-16(2)19-15-26(11-5-10-25(19)14-17-6-7-17)20-13-22-12-18(23-20)21(27)24-8-3-4-9-24/h12-13,16-17,19H,3-11,14-15H2,1-2H3/t19-/m1/s1. The number of carbonyl (C=O) groups is 1. The van der Waals surface area contributed by atoms with Crippen LogP contribution in [0.5, 0.6) is 0 Å². The molecule has 2 aliphatic heterocycles. The number of carbonyl (C=O) groups excluding carboxylic acids is 1. The van der Waals surface area contributed by atoms with Gasteiger partial charge >= 0.3 is 0 Å². The number of nitrogens with zero attached hydrogens (tertiary/aromatic N) is 5. The molecule has 0 spiro atoms. The second-order valence-corrected chi connectivity index (χ2v) is 8.81. The molecule has 2 saturated heterocycles. The van der Waals surface area contributed by atoms with Gasteiger partial charge in [-0.2, -0.15) is 0 Å². The van der Waals surface area contributed by atoms with E-state index in [0.717, 1.165) is 63.7 Å². The van der Waals surface area contributed by atoms with Crippen LogP contribution in [-0.4, -0.2) is 71.0 Å². The van der Waals surface area contributed by atoms with E-state index in [4.69, 9.17) is 4.98 Å². The Kier molecular flexibility index (Phi) is 5.62. The number of amides is 1. The lowest BCUT2D eigenvalue weighted by atomic mass is 10.0. The Bertz CT molecular complexity index is 654. The first-order valence-electron chi connectivity index (χ1n) is 10.7. The van der Waals surface area contributed by atoms with Crippen molar-refractivity contribution in [1.82, 2.24) is 19.8 Å². The van der Waals surface area contributed by atoms with Crippen LogP contribution in [0.25, 0.3) is 0 Å². The maximum atomic E-state index is 12.7. The van der Waals surface area contributed by atoms with Crippen LogP contribution < -0.4 is 4.90 Å². The normalized spacial score (nSPS) is 24.5. The molecule has 148 valence electrons. The summed E-state index contributed by atoms with van der Waals surface area (Å²) >= 11 is 0. The van der Waals surface area contributed by atoms with Crippen LogP contribution in [0.4, 0.5) is 5.82 Å². The van der Waals surface area contributed by atoms with Gasteiger partial charge < -0.3 is 9.80 Å². The van der Waals surface area contributed by atoms with Gasteiger partial charge in [-0.15, -0.1) is 0 Å². The van der Waals surface area contributed by atoms with Crippen LogP contribution in [0.3, 0.4) is 0 Å². The fourth-order valence-corrected chi connectivity index (χ4v) is 4.46. The van der Waals surface area contributed by atoms with Crippen molar-refractivity contribution < 1.29 is 4.79 Å². The summed E-state index contributed by atoms with van der Waals surface area (Å²) in [5.41, 5.74) is 0.495. The Balaban J connectivity index is 1.49. The van der Waals surface area contributed by atoms with E-state index in [1.165, 1.54) is 19.4 Å². The first-order valence-corrected chi connectivity index (χ1v) is 10.7. The molecular weight excluding hydrogens is 338 g/mol. The first kappa shape index (κ1) is 18.7. The van der Waals surface area contributed by atoms with Crippen LogP contribution in [-0.2, 0) is 0 Å². The van der Waals surface area contributed by atoms with Gasteiger partial charge in [0.15, 0.2) is 0 Å². The second kappa shape index (κ2) is 8.13. The zero-order valence-corrected chi connectivity index (χ0v) is 16.8. The van der Waals surface area contributed by atoms with Crippen molar-refractivity contribution in [2.24, 2.45) is 11.8 Å². The summed E-state index contributed by atoms with van der Waals surface area (Å²) in [6, 6.07) is 0.535. The molecule has 0 bridgehead atoms. The molecule has 3 aliphatic rings. The second-order valence-electron chi connectivity index (χ2n) is 8.81. The molecule has 1 amide bonds. The van der Waals surface area contributed by atoms with Crippen LogP contribution in [0.15, 0.2) is 12.4 Å². The summed E-state index contributed by atoms with van der Waals surface area (Å²) in [7, 11) is 0. The molecule has 1 aromatic heterocycles. The summed E-state index contributed by atoms with van der Waals surface area (Å²) in [6.45, 7) is 10.7. The van der Waals surface area contributed by atoms with Crippen molar-refractivity contribution in [2.75, 3.05) is 44.2 Å². The Morgan fingerprint density at radius 3 is 2.59 bits per heavy atom. The van der Waals surface area contributed by atoms with Gasteiger partial charge in [-0.1, -0.05) is 13.8 Å². The Morgan fingerprint density at radius 1 is 1.11 bits per heavy atom. The van der Waals surface area contributed by atoms with Crippen molar-refractivity contribution in [3.8, 4) is 0 Å². The van der Waals surface area contributed by atoms with Crippen molar-refractivity contribution in [2.45, 2.75) is 52.0 Å². The molecule has 27 heavy (non-hydrogen) atoms. The monoisotopic (exact) mass is 371 g/mol. The van der Waals surface area contributed by atoms with Gasteiger partial charge in [0.25, 0.3) is 5.91 Å². The van der Waals surface area contributed by atoms with E-state index < -0.39 is 0 Å². The predicted octanol–water partition coefficient (Wildman–Crippen LogP) is 2.66. The smallest absolute Gasteiger partial charge is 0.274 e. The van der Waals surface area contributed by atoms with Crippen LogP contribution >= 0.6 is 0 Å². The minimum Gasteiger partial charge on any atom is -0.354 e. The zero-order valence-electron chi connectivity index (χ0n) is 16.8. The van der Waals surface area contributed by atoms with E-state index in [2.05, 4.69) is 28.6 Å². The Labute approximate surface area is 162 Å². The average Bonchev–Trinajstić information content (AvgIpc) is 3.37. The van der Waals surface area contributed by atoms with E-state index in [0.29, 0.717) is 17.7 Å². The predicted molar refractivity (Wildman–Crippen MR) is 107 cm³/mol. The van der Waals surface area contributed by atoms with Gasteiger partial charge in [0.05, 0.1) is 12.4 Å². The van der Waals surface area contributed by atoms with Gasteiger partial charge in [-0.3, -0.25) is 14.7 Å². The van der Waals surface area contributed by atoms with Crippen molar-refractivity contribution in [1.29, 1.82) is 0 Å². The number of hydrogen-bond donors (Lipinski definition) is 0. The highest BCUT2D eigenvalue weighted by atomic mass is 16.2. The lowest BCUT2D eigenvalue weighted by molar-refractivity contribution is 0.0786. The van der Waals surface area contributed by atoms with Gasteiger partial charge in [0, 0.05) is 45.3 Å². The summed E-state index contributed by atoms with van der Waals surface area (Å²) in [5, 5.41) is 0. The number of hydrogen-bond acceptors (Lipinski definition) is 5. The van der Waals surface area contributed by atoms with E-state index in [1.54, 1.807) is 6.20 Å². The largest absolute Gasteiger partial charge is 0.354 e. The molecule has 6 heteroatoms. The minimum atomic E-state index is 0.0347. The molecular formula is C21H33N5O. The fourth-order valence-electron chi connectivity index (χ4n) is 4.46. The number of anilines is 1. The Morgan fingerprint density at radius 2 is 1.89 bits per heavy atom. The van der Waals surface area contributed by atoms with Crippen LogP contribution in [0.1, 0.15) is 56.4 Å². The third-order valence-electron chi connectivity index (χ3n) is 6.27. The van der Waals surface area contributed by atoms with Crippen molar-refractivity contribution in [3.05, 3.63) is 18.1 Å². The van der Waals surface area contributed by atoms with Crippen LogP contribution in [0, 0.1) is 11.8 Å². The maximum absolute atomic E-state index is 12.7. The fraction of sp³-hybridized carbons (Fsp3) is 0.762. The lowest BCUT2D eigenvalue weighted by Gasteiger charge is -2.35. The topological polar surface area (TPSA) is 52.6 Å². The molecule has 0 N–H and O–H groups in total. The molecule has 4 rings (SSSR count). The van der Waals surface area contributed by atoms with Gasteiger partial charge in [0.1, 0.15) is 11.5 Å². The third kappa shape index (κ3) is 4.42. The quantitative estimate of drug-likeness (QED) is 0.796. The molecule has 6 nitrogen and oxygen atoms in total. The molecule has 3 heterocycles. The van der Waals surface area contributed by atoms with E-state index in [-0.39, 0.29) is 5.91 Å². The molecule has 0 radical (unpaired) electrons. The number of rotatable bonds is 5. The molecule has 1 aliphatic carbocycles. The number of likely N-dealkylation sites (tertiary alicyclic amines) is 1. The SMILES string of the molecule is CC(C)[C@H]1CN(c2cncc(C(=O)N3CCCC3)n2)CCCN1CC1CC1. The highest BCUT2D eigenvalue weighted by molar-refractivity contribution is 5.92. The van der Waals surface area contributed by atoms with Crippen molar-refractivity contribution in [3.63, 3.8) is 0 Å². The van der Waals surface area contributed by atoms with Crippen molar-refractivity contribution >= 4 is 11.7 Å². The van der Waals surface area contributed by atoms with E-state index in [9.17, 15) is 4.79 Å². The summed E-state index contributed by atoms with van der Waals surface area (Å²) in [6.07, 6.45) is 9.59. The summed E-state index contributed by atoms with van der Waals surface area (Å²) in [5.74, 6) is 2.41. The van der Waals surface area contributed by atoms with Crippen LogP contribution in [0.2, 0.25) is 0 Å². The molecule has 0 unspecified atom stereocenters. The first-order chi connectivity index (χ1) is 13.1. The molecule has 1 atom stereocenters. The molecule has 1 aromatic rings. The highest BCUT2D eigenvalue weighted by Gasteiger charge is 2.32. The molecule has 3 fully saturated rings. The van der Waals surface area contributed by atoms with Gasteiger partial charge in [-0.25, -0.2) is 4.98 Å².